The highest BCUT2D eigenvalue weighted by atomic mass is 16.5. The van der Waals surface area contributed by atoms with Crippen molar-refractivity contribution in [2.24, 2.45) is 0 Å². The van der Waals surface area contributed by atoms with Gasteiger partial charge in [-0.3, -0.25) is 4.79 Å². The molecule has 0 aromatic heterocycles. The summed E-state index contributed by atoms with van der Waals surface area (Å²) >= 11 is 0. The highest BCUT2D eigenvalue weighted by molar-refractivity contribution is 5.84. The van der Waals surface area contributed by atoms with Crippen molar-refractivity contribution >= 4 is 5.78 Å². The van der Waals surface area contributed by atoms with Crippen molar-refractivity contribution < 1.29 is 14.6 Å². The van der Waals surface area contributed by atoms with Gasteiger partial charge in [0.15, 0.2) is 5.78 Å². The largest absolute Gasteiger partial charge is 0.508 e. The fourth-order valence-electron chi connectivity index (χ4n) is 1.30. The van der Waals surface area contributed by atoms with Gasteiger partial charge in [0.2, 0.25) is 0 Å². The number of rotatable bonds is 5. The zero-order chi connectivity index (χ0) is 11.3. The molecule has 3 heteroatoms. The first-order valence-electron chi connectivity index (χ1n) is 5.05. The first-order valence-corrected chi connectivity index (χ1v) is 5.05. The van der Waals surface area contributed by atoms with E-state index in [9.17, 15) is 4.79 Å². The van der Waals surface area contributed by atoms with Crippen LogP contribution in [0, 0.1) is 0 Å². The van der Waals surface area contributed by atoms with E-state index in [4.69, 9.17) is 9.84 Å². The number of ether oxygens (including phenoxy) is 1. The van der Waals surface area contributed by atoms with Crippen LogP contribution < -0.4 is 0 Å². The highest BCUT2D eigenvalue weighted by Gasteiger charge is 2.12. The lowest BCUT2D eigenvalue weighted by Crippen LogP contribution is -2.22. The van der Waals surface area contributed by atoms with Crippen LogP contribution in [0.3, 0.4) is 0 Å². The molecule has 1 rings (SSSR count). The molecule has 15 heavy (non-hydrogen) atoms. The Bertz CT molecular complexity index is 316. The predicted molar refractivity (Wildman–Crippen MR) is 57.9 cm³/mol. The van der Waals surface area contributed by atoms with E-state index in [0.717, 1.165) is 5.56 Å². The molecular formula is C12H16O3. The Labute approximate surface area is 89.7 Å². The van der Waals surface area contributed by atoms with Gasteiger partial charge in [-0.1, -0.05) is 12.1 Å². The Balaban J connectivity index is 2.54. The molecule has 1 aromatic carbocycles. The van der Waals surface area contributed by atoms with E-state index in [1.807, 2.05) is 6.92 Å². The fraction of sp³-hybridized carbons (Fsp3) is 0.417. The first-order chi connectivity index (χ1) is 7.13. The molecule has 1 aromatic rings. The smallest absolute Gasteiger partial charge is 0.165 e. The van der Waals surface area contributed by atoms with E-state index in [1.54, 1.807) is 31.2 Å². The quantitative estimate of drug-likeness (QED) is 0.804. The Morgan fingerprint density at radius 2 is 2.00 bits per heavy atom. The highest BCUT2D eigenvalue weighted by Crippen LogP contribution is 2.11. The number of phenolic OH excluding ortho intramolecular Hbond substituents is 1. The number of aromatic hydroxyl groups is 1. The second-order valence-electron chi connectivity index (χ2n) is 3.41. The number of carbonyl (C=O) groups excluding carboxylic acids is 1. The van der Waals surface area contributed by atoms with Gasteiger partial charge in [0, 0.05) is 13.0 Å². The minimum atomic E-state index is -0.358. The lowest BCUT2D eigenvalue weighted by atomic mass is 10.1. The second-order valence-corrected chi connectivity index (χ2v) is 3.41. The molecule has 0 heterocycles. The van der Waals surface area contributed by atoms with Crippen molar-refractivity contribution in [3.63, 3.8) is 0 Å². The van der Waals surface area contributed by atoms with Gasteiger partial charge in [-0.15, -0.1) is 0 Å². The van der Waals surface area contributed by atoms with Gasteiger partial charge in [0.1, 0.15) is 11.9 Å². The molecule has 0 aliphatic heterocycles. The Hall–Kier alpha value is -1.35. The van der Waals surface area contributed by atoms with Crippen molar-refractivity contribution in [3.8, 4) is 5.75 Å². The Kier molecular flexibility index (Phi) is 4.31. The van der Waals surface area contributed by atoms with E-state index in [0.29, 0.717) is 13.0 Å². The number of ketones is 1. The molecule has 0 radical (unpaired) electrons. The fourth-order valence-corrected chi connectivity index (χ4v) is 1.30. The average Bonchev–Trinajstić information content (AvgIpc) is 2.22. The molecule has 0 amide bonds. The molecule has 1 N–H and O–H groups in total. The van der Waals surface area contributed by atoms with Gasteiger partial charge in [-0.25, -0.2) is 0 Å². The van der Waals surface area contributed by atoms with Crippen molar-refractivity contribution in [1.29, 1.82) is 0 Å². The van der Waals surface area contributed by atoms with Crippen molar-refractivity contribution in [2.75, 3.05) is 6.61 Å². The zero-order valence-corrected chi connectivity index (χ0v) is 9.06. The third-order valence-electron chi connectivity index (χ3n) is 2.18. The van der Waals surface area contributed by atoms with Crippen LogP contribution in [0.4, 0.5) is 0 Å². The number of phenols is 1. The average molecular weight is 208 g/mol. The first kappa shape index (κ1) is 11.7. The number of Topliss-reactive ketones (excluding diaryl/α,β-unsaturated/α-hetero) is 1. The summed E-state index contributed by atoms with van der Waals surface area (Å²) in [5, 5.41) is 9.07. The van der Waals surface area contributed by atoms with Crippen molar-refractivity contribution in [2.45, 2.75) is 26.4 Å². The topological polar surface area (TPSA) is 46.5 Å². The Morgan fingerprint density at radius 1 is 1.40 bits per heavy atom. The van der Waals surface area contributed by atoms with Gasteiger partial charge < -0.3 is 9.84 Å². The minimum absolute atomic E-state index is 0.0579. The number of hydrogen-bond acceptors (Lipinski definition) is 3. The molecule has 82 valence electrons. The SMILES string of the molecule is CCOC(C)C(=O)Cc1ccc(O)cc1. The predicted octanol–water partition coefficient (Wildman–Crippen LogP) is 1.93. The minimum Gasteiger partial charge on any atom is -0.508 e. The molecule has 1 atom stereocenters. The Morgan fingerprint density at radius 3 is 2.53 bits per heavy atom. The maximum atomic E-state index is 11.6. The van der Waals surface area contributed by atoms with Crippen molar-refractivity contribution in [1.82, 2.24) is 0 Å². The summed E-state index contributed by atoms with van der Waals surface area (Å²) in [6, 6.07) is 6.64. The standard InChI is InChI=1S/C12H16O3/c1-3-15-9(2)12(14)8-10-4-6-11(13)7-5-10/h4-7,9,13H,3,8H2,1-2H3. The van der Waals surface area contributed by atoms with Crippen LogP contribution >= 0.6 is 0 Å². The second kappa shape index (κ2) is 5.51. The summed E-state index contributed by atoms with van der Waals surface area (Å²) in [4.78, 5) is 11.6. The molecule has 3 nitrogen and oxygen atoms in total. The number of hydrogen-bond donors (Lipinski definition) is 1. The summed E-state index contributed by atoms with van der Waals surface area (Å²) < 4.78 is 5.20. The molecule has 0 saturated heterocycles. The number of benzene rings is 1. The van der Waals surface area contributed by atoms with Crippen LogP contribution in [0.1, 0.15) is 19.4 Å². The summed E-state index contributed by atoms with van der Waals surface area (Å²) in [5.41, 5.74) is 0.893. The van der Waals surface area contributed by atoms with Crippen molar-refractivity contribution in [3.05, 3.63) is 29.8 Å². The third-order valence-corrected chi connectivity index (χ3v) is 2.18. The van der Waals surface area contributed by atoms with Crippen LogP contribution in [0.5, 0.6) is 5.75 Å². The molecule has 0 bridgehead atoms. The lowest BCUT2D eigenvalue weighted by molar-refractivity contribution is -0.128. The molecule has 1 unspecified atom stereocenters. The van der Waals surface area contributed by atoms with E-state index < -0.39 is 0 Å². The van der Waals surface area contributed by atoms with Gasteiger partial charge >= 0.3 is 0 Å². The molecule has 0 aliphatic rings. The van der Waals surface area contributed by atoms with E-state index in [2.05, 4.69) is 0 Å². The van der Waals surface area contributed by atoms with Gasteiger partial charge in [0.05, 0.1) is 0 Å². The molecule has 0 aliphatic carbocycles. The normalized spacial score (nSPS) is 12.4. The molecule has 0 saturated carbocycles. The maximum absolute atomic E-state index is 11.6. The van der Waals surface area contributed by atoms with Crippen LogP contribution in [0.2, 0.25) is 0 Å². The van der Waals surface area contributed by atoms with Crippen LogP contribution in [-0.2, 0) is 16.0 Å². The van der Waals surface area contributed by atoms with Gasteiger partial charge in [-0.05, 0) is 31.5 Å². The van der Waals surface area contributed by atoms with Crippen LogP contribution in [0.15, 0.2) is 24.3 Å². The van der Waals surface area contributed by atoms with Crippen LogP contribution in [-0.4, -0.2) is 23.6 Å². The van der Waals surface area contributed by atoms with Crippen LogP contribution in [0.25, 0.3) is 0 Å². The van der Waals surface area contributed by atoms with E-state index >= 15 is 0 Å². The lowest BCUT2D eigenvalue weighted by Gasteiger charge is -2.10. The number of carbonyl (C=O) groups is 1. The molecule has 0 fully saturated rings. The summed E-state index contributed by atoms with van der Waals surface area (Å²) in [6.45, 7) is 4.17. The monoisotopic (exact) mass is 208 g/mol. The molecular weight excluding hydrogens is 192 g/mol. The van der Waals surface area contributed by atoms with Gasteiger partial charge in [0.25, 0.3) is 0 Å². The maximum Gasteiger partial charge on any atom is 0.165 e. The van der Waals surface area contributed by atoms with E-state index in [1.165, 1.54) is 0 Å². The molecule has 0 spiro atoms. The third kappa shape index (κ3) is 3.72. The van der Waals surface area contributed by atoms with Gasteiger partial charge in [-0.2, -0.15) is 0 Å². The summed E-state index contributed by atoms with van der Waals surface area (Å²) in [7, 11) is 0. The summed E-state index contributed by atoms with van der Waals surface area (Å²) in [5.74, 6) is 0.270. The van der Waals surface area contributed by atoms with E-state index in [-0.39, 0.29) is 17.6 Å². The zero-order valence-electron chi connectivity index (χ0n) is 9.06. The summed E-state index contributed by atoms with van der Waals surface area (Å²) in [6.07, 6.45) is -0.00893.